The summed E-state index contributed by atoms with van der Waals surface area (Å²) in [5.41, 5.74) is 2.30. The highest BCUT2D eigenvalue weighted by Crippen LogP contribution is 1.87. The summed E-state index contributed by atoms with van der Waals surface area (Å²) >= 11 is 0. The molecular weight excluding hydrogens is 118 g/mol. The highest BCUT2D eigenvalue weighted by atomic mass is 16.1. The fourth-order valence-electron chi connectivity index (χ4n) is 0.479. The fourth-order valence-corrected chi connectivity index (χ4v) is 0.479. The van der Waals surface area contributed by atoms with Crippen LogP contribution in [-0.4, -0.2) is 11.4 Å². The van der Waals surface area contributed by atoms with Gasteiger partial charge >= 0.3 is 6.41 Å². The molecule has 0 saturated carbocycles. The molecule has 1 aliphatic heterocycles. The molecule has 2 N–H and O–H groups in total. The topological polar surface area (TPSA) is 44.4 Å². The lowest BCUT2D eigenvalue weighted by atomic mass is 10.7. The lowest BCUT2D eigenvalue weighted by Gasteiger charge is -2.14. The van der Waals surface area contributed by atoms with Crippen molar-refractivity contribution in [3.8, 4) is 0 Å². The first-order chi connectivity index (χ1) is 4.43. The van der Waals surface area contributed by atoms with Gasteiger partial charge in [0.15, 0.2) is 0 Å². The van der Waals surface area contributed by atoms with Gasteiger partial charge in [0.2, 0.25) is 0 Å². The van der Waals surface area contributed by atoms with E-state index >= 15 is 0 Å². The number of nitrogens with one attached hydrogen (secondary N) is 2. The van der Waals surface area contributed by atoms with E-state index < -0.39 is 0 Å². The molecule has 4 heteroatoms. The maximum absolute atomic E-state index is 9.71. The van der Waals surface area contributed by atoms with Crippen LogP contribution in [0.25, 0.3) is 0 Å². The zero-order valence-electron chi connectivity index (χ0n) is 4.66. The van der Waals surface area contributed by atoms with Gasteiger partial charge < -0.3 is 5.32 Å². The van der Waals surface area contributed by atoms with Crippen molar-refractivity contribution in [2.24, 2.45) is 0 Å². The van der Waals surface area contributed by atoms with Crippen molar-refractivity contribution >= 4 is 6.41 Å². The Morgan fingerprint density at radius 1 is 1.44 bits per heavy atom. The maximum atomic E-state index is 9.71. The van der Waals surface area contributed by atoms with E-state index in [4.69, 9.17) is 0 Å². The number of amides is 1. The van der Waals surface area contributed by atoms with Crippen molar-refractivity contribution in [1.29, 1.82) is 0 Å². The minimum Gasteiger partial charge on any atom is -0.365 e. The van der Waals surface area contributed by atoms with Gasteiger partial charge in [-0.1, -0.05) is 0 Å². The van der Waals surface area contributed by atoms with E-state index in [9.17, 15) is 4.79 Å². The fraction of sp³-hybridized carbons (Fsp3) is 0. The Labute approximate surface area is 52.8 Å². The molecule has 9 heavy (non-hydrogen) atoms. The van der Waals surface area contributed by atoms with Crippen LogP contribution < -0.4 is 10.7 Å². The Morgan fingerprint density at radius 3 is 2.67 bits per heavy atom. The Hall–Kier alpha value is -1.45. The van der Waals surface area contributed by atoms with Crippen LogP contribution in [0.2, 0.25) is 0 Å². The Morgan fingerprint density at radius 2 is 2.11 bits per heavy atom. The van der Waals surface area contributed by atoms with Crippen molar-refractivity contribution in [3.05, 3.63) is 24.8 Å². The highest BCUT2D eigenvalue weighted by Gasteiger charge is 1.91. The zero-order valence-corrected chi connectivity index (χ0v) is 4.66. The van der Waals surface area contributed by atoms with Crippen LogP contribution in [0.15, 0.2) is 24.8 Å². The average molecular weight is 124 g/mol. The molecule has 1 aliphatic rings. The molecule has 0 unspecified atom stereocenters. The largest absolute Gasteiger partial charge is 0.365 e. The molecule has 47 valence electrons. The van der Waals surface area contributed by atoms with Gasteiger partial charge in [-0.2, -0.15) is 0 Å². The van der Waals surface area contributed by atoms with Crippen molar-refractivity contribution in [2.45, 2.75) is 0 Å². The van der Waals surface area contributed by atoms with Gasteiger partial charge in [-0.05, 0) is 0 Å². The number of rotatable bonds is 2. The minimum atomic E-state index is 1.48. The van der Waals surface area contributed by atoms with E-state index in [2.05, 4.69) is 10.7 Å². The molecule has 0 spiro atoms. The van der Waals surface area contributed by atoms with Crippen molar-refractivity contribution < 1.29 is 4.79 Å². The van der Waals surface area contributed by atoms with Crippen LogP contribution in [-0.2, 0) is 4.79 Å². The summed E-state index contributed by atoms with van der Waals surface area (Å²) in [6.07, 6.45) is 8.22. The highest BCUT2D eigenvalue weighted by molar-refractivity contribution is 5.46. The third-order valence-electron chi connectivity index (χ3n) is 0.837. The number of hydrogen-bond acceptors (Lipinski definition) is 3. The SMILES string of the molecule is O=[C]NN1C=CNC=C1. The van der Waals surface area contributed by atoms with E-state index in [0.717, 1.165) is 0 Å². The summed E-state index contributed by atoms with van der Waals surface area (Å²) in [6.45, 7) is 0. The van der Waals surface area contributed by atoms with E-state index in [-0.39, 0.29) is 0 Å². The molecule has 0 saturated heterocycles. The van der Waals surface area contributed by atoms with Crippen LogP contribution in [0.1, 0.15) is 0 Å². The third kappa shape index (κ3) is 1.49. The smallest absolute Gasteiger partial charge is 0.329 e. The van der Waals surface area contributed by atoms with E-state index in [1.807, 2.05) is 0 Å². The van der Waals surface area contributed by atoms with Gasteiger partial charge in [-0.3, -0.25) is 15.2 Å². The first-order valence-corrected chi connectivity index (χ1v) is 2.44. The monoisotopic (exact) mass is 124 g/mol. The number of hydrogen-bond donors (Lipinski definition) is 2. The van der Waals surface area contributed by atoms with Gasteiger partial charge in [-0.15, -0.1) is 0 Å². The number of carbonyl (C=O) groups excluding carboxylic acids is 1. The molecular formula is C5H6N3O. The second kappa shape index (κ2) is 2.76. The van der Waals surface area contributed by atoms with Crippen molar-refractivity contribution in [3.63, 3.8) is 0 Å². The summed E-state index contributed by atoms with van der Waals surface area (Å²) in [6, 6.07) is 0. The van der Waals surface area contributed by atoms with E-state index in [1.165, 1.54) is 11.4 Å². The molecule has 1 amide bonds. The second-order valence-corrected chi connectivity index (χ2v) is 1.42. The first kappa shape index (κ1) is 5.68. The Bertz CT molecular complexity index is 140. The normalized spacial score (nSPS) is 14.9. The van der Waals surface area contributed by atoms with E-state index in [1.54, 1.807) is 24.8 Å². The van der Waals surface area contributed by atoms with Crippen molar-refractivity contribution in [1.82, 2.24) is 15.8 Å². The van der Waals surface area contributed by atoms with Crippen LogP contribution in [0.5, 0.6) is 0 Å². The van der Waals surface area contributed by atoms with Crippen LogP contribution in [0.4, 0.5) is 0 Å². The minimum absolute atomic E-state index is 1.48. The standard InChI is InChI=1S/C5H6N3O/c9-5-7-8-3-1-6-2-4-8/h1-4,6H,(H,7,9). The molecule has 0 atom stereocenters. The first-order valence-electron chi connectivity index (χ1n) is 2.44. The summed E-state index contributed by atoms with van der Waals surface area (Å²) < 4.78 is 0. The van der Waals surface area contributed by atoms with Crippen molar-refractivity contribution in [2.75, 3.05) is 0 Å². The zero-order chi connectivity index (χ0) is 6.53. The van der Waals surface area contributed by atoms with Crippen LogP contribution in [0.3, 0.4) is 0 Å². The van der Waals surface area contributed by atoms with Gasteiger partial charge in [0, 0.05) is 24.8 Å². The second-order valence-electron chi connectivity index (χ2n) is 1.42. The quantitative estimate of drug-likeness (QED) is 0.483. The molecule has 0 aromatic rings. The molecule has 1 radical (unpaired) electrons. The van der Waals surface area contributed by atoms with Gasteiger partial charge in [-0.25, -0.2) is 0 Å². The summed E-state index contributed by atoms with van der Waals surface area (Å²) in [5, 5.41) is 4.28. The maximum Gasteiger partial charge on any atom is 0.329 e. The molecule has 0 aliphatic carbocycles. The molecule has 0 bridgehead atoms. The van der Waals surface area contributed by atoms with Gasteiger partial charge in [0.05, 0.1) is 0 Å². The predicted molar refractivity (Wildman–Crippen MR) is 32.1 cm³/mol. The summed E-state index contributed by atoms with van der Waals surface area (Å²) in [5.74, 6) is 0. The predicted octanol–water partition coefficient (Wildman–Crippen LogP) is -0.594. The molecule has 0 aromatic carbocycles. The van der Waals surface area contributed by atoms with Crippen LogP contribution >= 0.6 is 0 Å². The van der Waals surface area contributed by atoms with Crippen LogP contribution in [0, 0.1) is 0 Å². The summed E-state index contributed by atoms with van der Waals surface area (Å²) in [7, 11) is 0. The Kier molecular flexibility index (Phi) is 1.74. The molecule has 0 fully saturated rings. The lowest BCUT2D eigenvalue weighted by molar-refractivity contribution is 0.417. The van der Waals surface area contributed by atoms with E-state index in [0.29, 0.717) is 0 Å². The third-order valence-corrected chi connectivity index (χ3v) is 0.837. The average Bonchev–Trinajstić information content (AvgIpc) is 1.91. The number of nitrogens with zero attached hydrogens (tertiary/aromatic N) is 1. The lowest BCUT2D eigenvalue weighted by Crippen LogP contribution is -2.29. The molecule has 1 rings (SSSR count). The summed E-state index contributed by atoms with van der Waals surface area (Å²) in [4.78, 5) is 9.71. The Balaban J connectivity index is 2.39. The molecule has 4 nitrogen and oxygen atoms in total. The molecule has 0 aromatic heterocycles. The van der Waals surface area contributed by atoms with Gasteiger partial charge in [0.1, 0.15) is 0 Å². The van der Waals surface area contributed by atoms with Gasteiger partial charge in [0.25, 0.3) is 0 Å². The molecule has 1 heterocycles. The number of hydrazine groups is 1.